The van der Waals surface area contributed by atoms with E-state index in [0.717, 1.165) is 0 Å². The first-order valence-corrected chi connectivity index (χ1v) is 9.03. The van der Waals surface area contributed by atoms with E-state index in [0.29, 0.717) is 23.0 Å². The molecule has 0 unspecified atom stereocenters. The Labute approximate surface area is 176 Å². The first-order chi connectivity index (χ1) is 15.0. The lowest BCUT2D eigenvalue weighted by Crippen LogP contribution is -2.19. The number of amides is 1. The van der Waals surface area contributed by atoms with Crippen LogP contribution in [-0.4, -0.2) is 20.4 Å². The molecule has 0 aliphatic rings. The lowest BCUT2D eigenvalue weighted by molar-refractivity contribution is -0.143. The molecule has 0 spiro atoms. The number of aromatic nitrogens is 3. The van der Waals surface area contributed by atoms with Gasteiger partial charge in [0.1, 0.15) is 5.69 Å². The number of nitrogens with one attached hydrogen (secondary N) is 1. The van der Waals surface area contributed by atoms with Gasteiger partial charge in [0.05, 0.1) is 16.6 Å². The average molecular weight is 450 g/mol. The monoisotopic (exact) mass is 450 g/mol. The maximum atomic E-state index is 13.1. The number of carbonyl (C=O) groups excluding carboxylic acids is 1. The van der Waals surface area contributed by atoms with Gasteiger partial charge in [-0.3, -0.25) is 9.36 Å². The minimum absolute atomic E-state index is 0.00947. The summed E-state index contributed by atoms with van der Waals surface area (Å²) >= 11 is 0. The maximum absolute atomic E-state index is 13.1. The van der Waals surface area contributed by atoms with Crippen molar-refractivity contribution in [3.63, 3.8) is 0 Å². The highest BCUT2D eigenvalue weighted by atomic mass is 19.4. The zero-order chi connectivity index (χ0) is 23.1. The Morgan fingerprint density at radius 3 is 2.00 bits per heavy atom. The second kappa shape index (κ2) is 7.66. The van der Waals surface area contributed by atoms with Crippen molar-refractivity contribution in [1.82, 2.24) is 14.5 Å². The molecule has 0 aliphatic carbocycles. The Morgan fingerprint density at radius 1 is 0.812 bits per heavy atom. The number of rotatable bonds is 3. The smallest absolute Gasteiger partial charge is 0.321 e. The van der Waals surface area contributed by atoms with E-state index in [2.05, 4.69) is 15.3 Å². The summed E-state index contributed by atoms with van der Waals surface area (Å²) in [6.45, 7) is 0. The molecule has 32 heavy (non-hydrogen) atoms. The highest BCUT2D eigenvalue weighted by Crippen LogP contribution is 2.37. The van der Waals surface area contributed by atoms with Crippen LogP contribution in [0.25, 0.3) is 16.9 Å². The summed E-state index contributed by atoms with van der Waals surface area (Å²) in [7, 11) is 0. The van der Waals surface area contributed by atoms with Crippen molar-refractivity contribution in [2.45, 2.75) is 12.4 Å². The molecule has 0 bridgehead atoms. The second-order valence-corrected chi connectivity index (χ2v) is 6.72. The molecule has 0 saturated heterocycles. The molecular weight excluding hydrogens is 438 g/mol. The molecule has 164 valence electrons. The Balaban J connectivity index is 1.80. The average Bonchev–Trinajstić information content (AvgIpc) is 3.13. The SMILES string of the molecule is O=C(Nc1cc(C(F)(F)F)cc(C(F)(F)F)c1)c1cc2ccccc2n1-c1ncccn1. The van der Waals surface area contributed by atoms with Crippen LogP contribution >= 0.6 is 0 Å². The Morgan fingerprint density at radius 2 is 1.41 bits per heavy atom. The van der Waals surface area contributed by atoms with Crippen molar-refractivity contribution >= 4 is 22.5 Å². The molecule has 0 saturated carbocycles. The van der Waals surface area contributed by atoms with E-state index >= 15 is 0 Å². The third-order valence-corrected chi connectivity index (χ3v) is 4.54. The van der Waals surface area contributed by atoms with Gasteiger partial charge in [-0.15, -0.1) is 0 Å². The number of anilines is 1. The molecule has 2 heterocycles. The van der Waals surface area contributed by atoms with Crippen molar-refractivity contribution in [3.05, 3.63) is 83.8 Å². The largest absolute Gasteiger partial charge is 0.416 e. The van der Waals surface area contributed by atoms with Crippen LogP contribution in [0.5, 0.6) is 0 Å². The molecular formula is C21H12F6N4O. The summed E-state index contributed by atoms with van der Waals surface area (Å²) in [5.74, 6) is -0.819. The molecule has 5 nitrogen and oxygen atoms in total. The van der Waals surface area contributed by atoms with Crippen molar-refractivity contribution in [3.8, 4) is 5.95 Å². The van der Waals surface area contributed by atoms with E-state index in [-0.39, 0.29) is 17.7 Å². The van der Waals surface area contributed by atoms with Crippen LogP contribution < -0.4 is 5.32 Å². The van der Waals surface area contributed by atoms with E-state index in [1.54, 1.807) is 30.3 Å². The number of hydrogen-bond acceptors (Lipinski definition) is 3. The summed E-state index contributed by atoms with van der Waals surface area (Å²) in [5.41, 5.74) is -3.25. The van der Waals surface area contributed by atoms with Crippen molar-refractivity contribution in [1.29, 1.82) is 0 Å². The van der Waals surface area contributed by atoms with Crippen molar-refractivity contribution in [2.75, 3.05) is 5.32 Å². The molecule has 0 radical (unpaired) electrons. The molecule has 2 aromatic carbocycles. The van der Waals surface area contributed by atoms with Crippen molar-refractivity contribution in [2.24, 2.45) is 0 Å². The fourth-order valence-corrected chi connectivity index (χ4v) is 3.17. The van der Waals surface area contributed by atoms with Crippen LogP contribution in [0.2, 0.25) is 0 Å². The van der Waals surface area contributed by atoms with Gasteiger partial charge in [-0.1, -0.05) is 18.2 Å². The van der Waals surface area contributed by atoms with E-state index < -0.39 is 35.1 Å². The summed E-state index contributed by atoms with van der Waals surface area (Å²) in [6.07, 6.45) is -7.20. The minimum atomic E-state index is -5.03. The van der Waals surface area contributed by atoms with E-state index in [1.165, 1.54) is 23.0 Å². The van der Waals surface area contributed by atoms with Gasteiger partial charge in [0.25, 0.3) is 5.91 Å². The number of hydrogen-bond donors (Lipinski definition) is 1. The van der Waals surface area contributed by atoms with Crippen LogP contribution in [0.4, 0.5) is 32.0 Å². The minimum Gasteiger partial charge on any atom is -0.321 e. The number of nitrogens with zero attached hydrogens (tertiary/aromatic N) is 3. The Hall–Kier alpha value is -3.89. The lowest BCUT2D eigenvalue weighted by atomic mass is 10.1. The third kappa shape index (κ3) is 4.13. The third-order valence-electron chi connectivity index (χ3n) is 4.54. The van der Waals surface area contributed by atoms with Gasteiger partial charge < -0.3 is 5.32 Å². The van der Waals surface area contributed by atoms with Gasteiger partial charge in [0.15, 0.2) is 0 Å². The predicted molar refractivity (Wildman–Crippen MR) is 103 cm³/mol. The maximum Gasteiger partial charge on any atom is 0.416 e. The molecule has 4 rings (SSSR count). The van der Waals surface area contributed by atoms with Gasteiger partial charge in [-0.05, 0) is 36.4 Å². The number of fused-ring (bicyclic) bond motifs is 1. The first-order valence-electron chi connectivity index (χ1n) is 9.03. The highest BCUT2D eigenvalue weighted by Gasteiger charge is 2.37. The van der Waals surface area contributed by atoms with Crippen LogP contribution in [0.1, 0.15) is 21.6 Å². The quantitative estimate of drug-likeness (QED) is 0.407. The Kier molecular flexibility index (Phi) is 5.11. The highest BCUT2D eigenvalue weighted by molar-refractivity contribution is 6.07. The molecule has 0 aliphatic heterocycles. The van der Waals surface area contributed by atoms with Gasteiger partial charge in [-0.2, -0.15) is 26.3 Å². The Bertz CT molecular complexity index is 1260. The molecule has 4 aromatic rings. The summed E-state index contributed by atoms with van der Waals surface area (Å²) < 4.78 is 80.1. The summed E-state index contributed by atoms with van der Waals surface area (Å²) in [4.78, 5) is 21.1. The fraction of sp³-hybridized carbons (Fsp3) is 0.0952. The molecule has 2 aromatic heterocycles. The zero-order valence-corrected chi connectivity index (χ0v) is 15.9. The summed E-state index contributed by atoms with van der Waals surface area (Å²) in [6, 6.07) is 10.7. The van der Waals surface area contributed by atoms with E-state index in [9.17, 15) is 31.1 Å². The van der Waals surface area contributed by atoms with Gasteiger partial charge in [-0.25, -0.2) is 9.97 Å². The zero-order valence-electron chi connectivity index (χ0n) is 15.9. The lowest BCUT2D eigenvalue weighted by Gasteiger charge is -2.15. The number of benzene rings is 2. The van der Waals surface area contributed by atoms with Gasteiger partial charge >= 0.3 is 12.4 Å². The predicted octanol–water partition coefficient (Wildman–Crippen LogP) is 5.71. The molecule has 1 amide bonds. The number of carbonyl (C=O) groups is 1. The molecule has 11 heteroatoms. The summed E-state index contributed by atoms with van der Waals surface area (Å²) in [5, 5.41) is 2.74. The van der Waals surface area contributed by atoms with E-state index in [4.69, 9.17) is 0 Å². The second-order valence-electron chi connectivity index (χ2n) is 6.72. The fourth-order valence-electron chi connectivity index (χ4n) is 3.17. The number of alkyl halides is 6. The van der Waals surface area contributed by atoms with Gasteiger partial charge in [0.2, 0.25) is 5.95 Å². The van der Waals surface area contributed by atoms with Crippen molar-refractivity contribution < 1.29 is 31.1 Å². The van der Waals surface area contributed by atoms with Crippen LogP contribution in [0.15, 0.2) is 67.0 Å². The number of para-hydroxylation sites is 1. The molecule has 0 fully saturated rings. The van der Waals surface area contributed by atoms with E-state index in [1.807, 2.05) is 0 Å². The normalized spacial score (nSPS) is 12.2. The molecule has 1 N–H and O–H groups in total. The first kappa shape index (κ1) is 21.3. The standard InChI is InChI=1S/C21H12F6N4O/c22-20(23,24)13-9-14(21(25,26)27)11-15(10-13)30-18(32)17-8-12-4-1-2-5-16(12)31(17)19-28-6-3-7-29-19/h1-11H,(H,30,32). The topological polar surface area (TPSA) is 59.8 Å². The van der Waals surface area contributed by atoms with Gasteiger partial charge in [0, 0.05) is 23.5 Å². The number of halogens is 6. The van der Waals surface area contributed by atoms with Crippen LogP contribution in [0.3, 0.4) is 0 Å². The molecule has 0 atom stereocenters. The van der Waals surface area contributed by atoms with Crippen LogP contribution in [0, 0.1) is 0 Å². The van der Waals surface area contributed by atoms with Crippen LogP contribution in [-0.2, 0) is 12.4 Å².